The van der Waals surface area contributed by atoms with Gasteiger partial charge in [0.1, 0.15) is 5.76 Å². The van der Waals surface area contributed by atoms with Crippen LogP contribution in [0.4, 0.5) is 0 Å². The van der Waals surface area contributed by atoms with Crippen molar-refractivity contribution in [1.29, 1.82) is 0 Å². The van der Waals surface area contributed by atoms with E-state index >= 15 is 0 Å². The second kappa shape index (κ2) is 4.88. The summed E-state index contributed by atoms with van der Waals surface area (Å²) < 4.78 is 5.32. The minimum Gasteiger partial charge on any atom is -0.360 e. The van der Waals surface area contributed by atoms with Crippen LogP contribution in [0.5, 0.6) is 0 Å². The number of nitrogens with one attached hydrogen (secondary N) is 1. The highest BCUT2D eigenvalue weighted by Gasteiger charge is 2.43. The molecule has 1 N–H and O–H groups in total. The summed E-state index contributed by atoms with van der Waals surface area (Å²) in [5.74, 6) is 0.734. The number of hydrogen-bond donors (Lipinski definition) is 1. The second-order valence-electron chi connectivity index (χ2n) is 6.68. The van der Waals surface area contributed by atoms with Gasteiger partial charge >= 0.3 is 0 Å². The number of amides is 1. The quantitative estimate of drug-likeness (QED) is 0.913. The van der Waals surface area contributed by atoms with Gasteiger partial charge in [-0.3, -0.25) is 9.69 Å². The Kier molecular flexibility index (Phi) is 3.32. The van der Waals surface area contributed by atoms with Gasteiger partial charge in [-0.25, -0.2) is 0 Å². The molecular formula is C15H23N3O2. The molecule has 1 aliphatic carbocycles. The van der Waals surface area contributed by atoms with Crippen molar-refractivity contribution in [2.24, 2.45) is 0 Å². The first-order chi connectivity index (χ1) is 9.48. The molecule has 0 unspecified atom stereocenters. The predicted octanol–water partition coefficient (Wildman–Crippen LogP) is 1.94. The van der Waals surface area contributed by atoms with Crippen LogP contribution in [0.2, 0.25) is 0 Å². The van der Waals surface area contributed by atoms with Crippen LogP contribution in [0, 0.1) is 0 Å². The molecule has 0 spiro atoms. The van der Waals surface area contributed by atoms with Crippen LogP contribution < -0.4 is 5.32 Å². The summed E-state index contributed by atoms with van der Waals surface area (Å²) in [7, 11) is 0. The topological polar surface area (TPSA) is 58.4 Å². The van der Waals surface area contributed by atoms with E-state index in [4.69, 9.17) is 4.52 Å². The Morgan fingerprint density at radius 3 is 2.90 bits per heavy atom. The lowest BCUT2D eigenvalue weighted by molar-refractivity contribution is 0.0927. The van der Waals surface area contributed by atoms with Crippen molar-refractivity contribution >= 4 is 5.91 Å². The summed E-state index contributed by atoms with van der Waals surface area (Å²) >= 11 is 0. The molecule has 1 saturated carbocycles. The summed E-state index contributed by atoms with van der Waals surface area (Å²) in [6, 6.07) is 2.56. The van der Waals surface area contributed by atoms with Crippen molar-refractivity contribution in [2.45, 2.75) is 57.5 Å². The van der Waals surface area contributed by atoms with Crippen LogP contribution >= 0.6 is 0 Å². The molecule has 1 aliphatic heterocycles. The van der Waals surface area contributed by atoms with Crippen molar-refractivity contribution in [3.05, 3.63) is 17.5 Å². The number of aromatic nitrogens is 1. The summed E-state index contributed by atoms with van der Waals surface area (Å²) in [5.41, 5.74) is 0.531. The largest absolute Gasteiger partial charge is 0.360 e. The molecule has 1 aromatic heterocycles. The van der Waals surface area contributed by atoms with Crippen LogP contribution in [0.15, 0.2) is 10.6 Å². The van der Waals surface area contributed by atoms with Gasteiger partial charge in [0.2, 0.25) is 0 Å². The Labute approximate surface area is 119 Å². The molecule has 1 amide bonds. The molecule has 2 heterocycles. The number of nitrogens with zero attached hydrogens (tertiary/aromatic N) is 2. The standard InChI is InChI=1S/C15H23N3O2/c1-10(2)18-7-4-11(9-18)16-14(19)12-8-13(20-17-12)15(3)5-6-15/h8,10-11H,4-7,9H2,1-3H3,(H,16,19)/t11-/m0/s1. The Morgan fingerprint density at radius 1 is 1.55 bits per heavy atom. The average molecular weight is 277 g/mol. The molecule has 5 heteroatoms. The number of carbonyl (C=O) groups is 1. The molecule has 0 bridgehead atoms. The third kappa shape index (κ3) is 2.59. The molecule has 0 radical (unpaired) electrons. The SMILES string of the molecule is CC(C)N1CC[C@H](NC(=O)c2cc(C3(C)CC3)on2)C1. The molecule has 1 atom stereocenters. The van der Waals surface area contributed by atoms with Crippen molar-refractivity contribution < 1.29 is 9.32 Å². The van der Waals surface area contributed by atoms with E-state index in [1.165, 1.54) is 0 Å². The number of carbonyl (C=O) groups excluding carboxylic acids is 1. The number of hydrogen-bond acceptors (Lipinski definition) is 4. The fraction of sp³-hybridized carbons (Fsp3) is 0.733. The minimum absolute atomic E-state index is 0.111. The van der Waals surface area contributed by atoms with E-state index in [-0.39, 0.29) is 17.4 Å². The van der Waals surface area contributed by atoms with Gasteiger partial charge < -0.3 is 9.84 Å². The van der Waals surface area contributed by atoms with Crippen LogP contribution in [-0.4, -0.2) is 41.1 Å². The molecule has 2 fully saturated rings. The number of rotatable bonds is 4. The zero-order valence-electron chi connectivity index (χ0n) is 12.5. The van der Waals surface area contributed by atoms with E-state index in [0.29, 0.717) is 11.7 Å². The van der Waals surface area contributed by atoms with Gasteiger partial charge in [-0.1, -0.05) is 12.1 Å². The fourth-order valence-corrected chi connectivity index (χ4v) is 2.73. The van der Waals surface area contributed by atoms with Gasteiger partial charge in [0, 0.05) is 36.7 Å². The van der Waals surface area contributed by atoms with Gasteiger partial charge in [-0.05, 0) is 33.1 Å². The second-order valence-corrected chi connectivity index (χ2v) is 6.68. The van der Waals surface area contributed by atoms with Gasteiger partial charge in [0.25, 0.3) is 5.91 Å². The maximum absolute atomic E-state index is 12.2. The molecule has 3 rings (SSSR count). The molecule has 1 aromatic rings. The molecule has 1 saturated heterocycles. The first-order valence-electron chi connectivity index (χ1n) is 7.50. The fourth-order valence-electron chi connectivity index (χ4n) is 2.73. The van der Waals surface area contributed by atoms with Crippen LogP contribution in [0.3, 0.4) is 0 Å². The highest BCUT2D eigenvalue weighted by atomic mass is 16.5. The van der Waals surface area contributed by atoms with Crippen LogP contribution in [0.25, 0.3) is 0 Å². The Bertz CT molecular complexity index is 505. The maximum atomic E-state index is 12.2. The molecule has 0 aromatic carbocycles. The summed E-state index contributed by atoms with van der Waals surface area (Å²) in [4.78, 5) is 14.6. The molecule has 20 heavy (non-hydrogen) atoms. The average Bonchev–Trinajstić information content (AvgIpc) is 2.88. The van der Waals surface area contributed by atoms with Crippen molar-refractivity contribution in [3.63, 3.8) is 0 Å². The minimum atomic E-state index is -0.111. The lowest BCUT2D eigenvalue weighted by Crippen LogP contribution is -2.38. The molecule has 2 aliphatic rings. The molecular weight excluding hydrogens is 254 g/mol. The number of likely N-dealkylation sites (tertiary alicyclic amines) is 1. The van der Waals surface area contributed by atoms with E-state index in [2.05, 4.69) is 36.1 Å². The third-order valence-electron chi connectivity index (χ3n) is 4.62. The first-order valence-corrected chi connectivity index (χ1v) is 7.50. The van der Waals surface area contributed by atoms with Crippen molar-refractivity contribution in [2.75, 3.05) is 13.1 Å². The predicted molar refractivity (Wildman–Crippen MR) is 75.7 cm³/mol. The van der Waals surface area contributed by atoms with Crippen LogP contribution in [-0.2, 0) is 5.41 Å². The Balaban J connectivity index is 1.58. The lowest BCUT2D eigenvalue weighted by Gasteiger charge is -2.20. The summed E-state index contributed by atoms with van der Waals surface area (Å²) in [6.07, 6.45) is 3.25. The summed E-state index contributed by atoms with van der Waals surface area (Å²) in [5, 5.41) is 6.98. The van der Waals surface area contributed by atoms with E-state index in [1.807, 2.05) is 0 Å². The Hall–Kier alpha value is -1.36. The van der Waals surface area contributed by atoms with Gasteiger partial charge in [0.15, 0.2) is 5.69 Å². The highest BCUT2D eigenvalue weighted by molar-refractivity contribution is 5.92. The smallest absolute Gasteiger partial charge is 0.273 e. The van der Waals surface area contributed by atoms with E-state index < -0.39 is 0 Å². The first kappa shape index (κ1) is 13.6. The summed E-state index contributed by atoms with van der Waals surface area (Å²) in [6.45, 7) is 8.48. The van der Waals surface area contributed by atoms with Crippen molar-refractivity contribution in [3.8, 4) is 0 Å². The van der Waals surface area contributed by atoms with Crippen LogP contribution in [0.1, 0.15) is 56.3 Å². The highest BCUT2D eigenvalue weighted by Crippen LogP contribution is 2.47. The van der Waals surface area contributed by atoms with E-state index in [0.717, 1.165) is 38.1 Å². The normalized spacial score (nSPS) is 25.1. The van der Waals surface area contributed by atoms with Gasteiger partial charge in [-0.2, -0.15) is 0 Å². The van der Waals surface area contributed by atoms with Gasteiger partial charge in [0.05, 0.1) is 0 Å². The van der Waals surface area contributed by atoms with Crippen molar-refractivity contribution in [1.82, 2.24) is 15.4 Å². The lowest BCUT2D eigenvalue weighted by atomic mass is 10.1. The third-order valence-corrected chi connectivity index (χ3v) is 4.62. The zero-order valence-corrected chi connectivity index (χ0v) is 12.5. The monoisotopic (exact) mass is 277 g/mol. The molecule has 5 nitrogen and oxygen atoms in total. The molecule has 110 valence electrons. The maximum Gasteiger partial charge on any atom is 0.273 e. The van der Waals surface area contributed by atoms with Gasteiger partial charge in [-0.15, -0.1) is 0 Å². The zero-order chi connectivity index (χ0) is 14.3. The Morgan fingerprint density at radius 2 is 2.30 bits per heavy atom. The van der Waals surface area contributed by atoms with E-state index in [9.17, 15) is 4.79 Å². The van der Waals surface area contributed by atoms with E-state index in [1.54, 1.807) is 6.07 Å².